The Bertz CT molecular complexity index is 398. The molecule has 1 fully saturated rings. The van der Waals surface area contributed by atoms with Gasteiger partial charge in [-0.25, -0.2) is 0 Å². The van der Waals surface area contributed by atoms with Crippen molar-refractivity contribution in [1.82, 2.24) is 0 Å². The van der Waals surface area contributed by atoms with Gasteiger partial charge in [-0.3, -0.25) is 4.79 Å². The standard InChI is InChI=1S/C12H12Cl2O2/c13-10-3-1-2-9(8-10)12(11(14)15)4-6-16-7-5-12/h1-3,8H,4-7H2. The molecule has 86 valence electrons. The second-order valence-electron chi connectivity index (χ2n) is 3.98. The normalized spacial score (nSPS) is 19.4. The molecular weight excluding hydrogens is 247 g/mol. The third-order valence-electron chi connectivity index (χ3n) is 3.10. The smallest absolute Gasteiger partial charge is 0.232 e. The Morgan fingerprint density at radius 1 is 1.31 bits per heavy atom. The fraction of sp³-hybridized carbons (Fsp3) is 0.417. The van der Waals surface area contributed by atoms with E-state index in [4.69, 9.17) is 27.9 Å². The molecule has 4 heteroatoms. The van der Waals surface area contributed by atoms with Crippen LogP contribution in [0.5, 0.6) is 0 Å². The average molecular weight is 259 g/mol. The lowest BCUT2D eigenvalue weighted by atomic mass is 9.75. The molecule has 1 aliphatic rings. The van der Waals surface area contributed by atoms with Gasteiger partial charge in [0.05, 0.1) is 5.41 Å². The number of ether oxygens (including phenoxy) is 1. The topological polar surface area (TPSA) is 26.3 Å². The Labute approximate surface area is 104 Å². The van der Waals surface area contributed by atoms with E-state index in [0.29, 0.717) is 31.1 Å². The quantitative estimate of drug-likeness (QED) is 0.762. The Kier molecular flexibility index (Phi) is 3.53. The number of rotatable bonds is 2. The molecule has 1 aromatic rings. The summed E-state index contributed by atoms with van der Waals surface area (Å²) in [5.41, 5.74) is 0.272. The molecule has 0 aromatic heterocycles. The number of carbonyl (C=O) groups is 1. The predicted molar refractivity (Wildman–Crippen MR) is 64.0 cm³/mol. The first-order valence-electron chi connectivity index (χ1n) is 5.19. The summed E-state index contributed by atoms with van der Waals surface area (Å²) in [5.74, 6) is 0. The van der Waals surface area contributed by atoms with Crippen LogP contribution in [0.3, 0.4) is 0 Å². The summed E-state index contributed by atoms with van der Waals surface area (Å²) < 4.78 is 5.28. The molecule has 0 N–H and O–H groups in total. The van der Waals surface area contributed by atoms with Crippen LogP contribution >= 0.6 is 23.2 Å². The molecule has 1 aromatic carbocycles. The maximum Gasteiger partial charge on any atom is 0.232 e. The fourth-order valence-corrected chi connectivity index (χ4v) is 2.59. The van der Waals surface area contributed by atoms with Crippen molar-refractivity contribution >= 4 is 28.4 Å². The number of hydrogen-bond acceptors (Lipinski definition) is 2. The molecule has 16 heavy (non-hydrogen) atoms. The summed E-state index contributed by atoms with van der Waals surface area (Å²) in [4.78, 5) is 11.7. The summed E-state index contributed by atoms with van der Waals surface area (Å²) in [7, 11) is 0. The van der Waals surface area contributed by atoms with Crippen LogP contribution in [0.15, 0.2) is 24.3 Å². The van der Waals surface area contributed by atoms with E-state index in [1.54, 1.807) is 6.07 Å². The molecule has 0 spiro atoms. The first-order valence-corrected chi connectivity index (χ1v) is 5.94. The minimum atomic E-state index is -0.620. The van der Waals surface area contributed by atoms with E-state index < -0.39 is 5.41 Å². The fourth-order valence-electron chi connectivity index (χ4n) is 2.10. The van der Waals surface area contributed by atoms with Gasteiger partial charge in [0.15, 0.2) is 0 Å². The number of benzene rings is 1. The highest BCUT2D eigenvalue weighted by molar-refractivity contribution is 6.65. The lowest BCUT2D eigenvalue weighted by Crippen LogP contribution is -2.39. The summed E-state index contributed by atoms with van der Waals surface area (Å²) in [6, 6.07) is 7.34. The molecule has 0 bridgehead atoms. The summed E-state index contributed by atoms with van der Waals surface area (Å²) in [6.45, 7) is 1.12. The van der Waals surface area contributed by atoms with Crippen LogP contribution in [0.2, 0.25) is 5.02 Å². The average Bonchev–Trinajstić information content (AvgIpc) is 2.30. The SMILES string of the molecule is O=C(Cl)C1(c2cccc(Cl)c2)CCOCC1. The first kappa shape index (κ1) is 11.9. The van der Waals surface area contributed by atoms with Gasteiger partial charge in [-0.15, -0.1) is 0 Å². The highest BCUT2D eigenvalue weighted by Crippen LogP contribution is 2.37. The Hall–Kier alpha value is -0.570. The van der Waals surface area contributed by atoms with E-state index in [1.165, 1.54) is 0 Å². The van der Waals surface area contributed by atoms with Crippen LogP contribution in [-0.4, -0.2) is 18.5 Å². The maximum atomic E-state index is 11.7. The highest BCUT2D eigenvalue weighted by atomic mass is 35.5. The molecule has 2 nitrogen and oxygen atoms in total. The van der Waals surface area contributed by atoms with Gasteiger partial charge in [0.1, 0.15) is 0 Å². The Morgan fingerprint density at radius 3 is 2.56 bits per heavy atom. The van der Waals surface area contributed by atoms with Crippen molar-refractivity contribution in [2.75, 3.05) is 13.2 Å². The van der Waals surface area contributed by atoms with Crippen LogP contribution < -0.4 is 0 Å². The van der Waals surface area contributed by atoms with E-state index in [0.717, 1.165) is 5.56 Å². The molecule has 0 radical (unpaired) electrons. The van der Waals surface area contributed by atoms with Gasteiger partial charge in [-0.1, -0.05) is 23.7 Å². The van der Waals surface area contributed by atoms with E-state index in [-0.39, 0.29) is 5.24 Å². The lowest BCUT2D eigenvalue weighted by molar-refractivity contribution is -0.120. The van der Waals surface area contributed by atoms with Crippen molar-refractivity contribution in [2.45, 2.75) is 18.3 Å². The van der Waals surface area contributed by atoms with Crippen molar-refractivity contribution < 1.29 is 9.53 Å². The molecule has 0 amide bonds. The zero-order valence-corrected chi connectivity index (χ0v) is 10.2. The molecule has 1 saturated heterocycles. The van der Waals surface area contributed by atoms with E-state index in [9.17, 15) is 4.79 Å². The Morgan fingerprint density at radius 2 is 2.00 bits per heavy atom. The first-order chi connectivity index (χ1) is 7.65. The zero-order chi connectivity index (χ0) is 11.6. The highest BCUT2D eigenvalue weighted by Gasteiger charge is 2.40. The van der Waals surface area contributed by atoms with Gasteiger partial charge < -0.3 is 4.74 Å². The van der Waals surface area contributed by atoms with Gasteiger partial charge in [0.25, 0.3) is 0 Å². The van der Waals surface area contributed by atoms with Crippen molar-refractivity contribution in [3.05, 3.63) is 34.9 Å². The second-order valence-corrected chi connectivity index (χ2v) is 4.76. The third-order valence-corrected chi connectivity index (χ3v) is 3.70. The summed E-state index contributed by atoms with van der Waals surface area (Å²) in [6.07, 6.45) is 1.24. The number of carbonyl (C=O) groups excluding carboxylic acids is 1. The van der Waals surface area contributed by atoms with Crippen LogP contribution in [0.4, 0.5) is 0 Å². The summed E-state index contributed by atoms with van der Waals surface area (Å²) in [5, 5.41) is 0.305. The van der Waals surface area contributed by atoms with Crippen LogP contribution in [0, 0.1) is 0 Å². The second kappa shape index (κ2) is 4.74. The third kappa shape index (κ3) is 2.10. The molecule has 2 rings (SSSR count). The van der Waals surface area contributed by atoms with Crippen molar-refractivity contribution in [3.63, 3.8) is 0 Å². The molecule has 1 heterocycles. The van der Waals surface area contributed by atoms with E-state index >= 15 is 0 Å². The van der Waals surface area contributed by atoms with Crippen molar-refractivity contribution in [3.8, 4) is 0 Å². The lowest BCUT2D eigenvalue weighted by Gasteiger charge is -2.34. The van der Waals surface area contributed by atoms with Gasteiger partial charge in [-0.05, 0) is 42.1 Å². The maximum absolute atomic E-state index is 11.7. The largest absolute Gasteiger partial charge is 0.381 e. The van der Waals surface area contributed by atoms with Crippen LogP contribution in [0.25, 0.3) is 0 Å². The van der Waals surface area contributed by atoms with Gasteiger partial charge in [0, 0.05) is 18.2 Å². The minimum absolute atomic E-state index is 0.321. The monoisotopic (exact) mass is 258 g/mol. The molecule has 0 saturated carbocycles. The van der Waals surface area contributed by atoms with Crippen molar-refractivity contribution in [1.29, 1.82) is 0 Å². The van der Waals surface area contributed by atoms with Gasteiger partial charge >= 0.3 is 0 Å². The molecule has 0 atom stereocenters. The van der Waals surface area contributed by atoms with Crippen molar-refractivity contribution in [2.24, 2.45) is 0 Å². The van der Waals surface area contributed by atoms with Crippen LogP contribution in [-0.2, 0) is 14.9 Å². The molecule has 0 unspecified atom stereocenters. The zero-order valence-electron chi connectivity index (χ0n) is 8.71. The summed E-state index contributed by atoms with van der Waals surface area (Å²) >= 11 is 11.7. The van der Waals surface area contributed by atoms with Gasteiger partial charge in [-0.2, -0.15) is 0 Å². The van der Waals surface area contributed by atoms with Gasteiger partial charge in [0.2, 0.25) is 5.24 Å². The molecule has 0 aliphatic carbocycles. The molecule has 1 aliphatic heterocycles. The number of halogens is 2. The van der Waals surface area contributed by atoms with E-state index in [2.05, 4.69) is 0 Å². The van der Waals surface area contributed by atoms with Crippen LogP contribution in [0.1, 0.15) is 18.4 Å². The van der Waals surface area contributed by atoms with E-state index in [1.807, 2.05) is 18.2 Å². The minimum Gasteiger partial charge on any atom is -0.381 e. The molecular formula is C12H12Cl2O2. The Balaban J connectivity index is 2.42. The predicted octanol–water partition coefficient (Wildman–Crippen LogP) is 3.15. The number of hydrogen-bond donors (Lipinski definition) is 0.